The lowest BCUT2D eigenvalue weighted by Gasteiger charge is -1.98. The summed E-state index contributed by atoms with van der Waals surface area (Å²) in [6, 6.07) is 10.8. The highest BCUT2D eigenvalue weighted by Gasteiger charge is 2.12. The summed E-state index contributed by atoms with van der Waals surface area (Å²) in [5.74, 6) is 0.664. The van der Waals surface area contributed by atoms with Gasteiger partial charge in [0.15, 0.2) is 10.9 Å². The molecule has 21 heavy (non-hydrogen) atoms. The van der Waals surface area contributed by atoms with E-state index in [1.807, 2.05) is 17.5 Å². The molecule has 2 heterocycles. The molecule has 0 spiro atoms. The first-order valence-corrected chi connectivity index (χ1v) is 7.47. The number of carbonyl (C=O) groups is 1. The van der Waals surface area contributed by atoms with Crippen molar-refractivity contribution < 1.29 is 9.21 Å². The zero-order chi connectivity index (χ0) is 14.8. The molecule has 6 heteroatoms. The normalized spacial score (nSPS) is 10.6. The predicted molar refractivity (Wildman–Crippen MR) is 84.0 cm³/mol. The summed E-state index contributed by atoms with van der Waals surface area (Å²) in [6.07, 6.45) is 0. The van der Waals surface area contributed by atoms with E-state index >= 15 is 0 Å². The molecule has 0 aliphatic carbocycles. The Morgan fingerprint density at radius 2 is 2.00 bits per heavy atom. The number of hydrogen-bond donors (Lipinski definition) is 1. The van der Waals surface area contributed by atoms with Crippen LogP contribution >= 0.6 is 22.9 Å². The molecule has 0 radical (unpaired) electrons. The van der Waals surface area contributed by atoms with Crippen molar-refractivity contribution >= 4 is 34.0 Å². The average molecular weight is 319 g/mol. The van der Waals surface area contributed by atoms with Crippen LogP contribution in [0.15, 0.2) is 46.2 Å². The van der Waals surface area contributed by atoms with Gasteiger partial charge in [0.25, 0.3) is 5.91 Å². The second-order valence-electron chi connectivity index (χ2n) is 4.41. The third-order valence-corrected chi connectivity index (χ3v) is 3.84. The molecule has 0 aliphatic rings. The summed E-state index contributed by atoms with van der Waals surface area (Å²) >= 11 is 7.22. The van der Waals surface area contributed by atoms with E-state index in [-0.39, 0.29) is 11.7 Å². The minimum atomic E-state index is -0.305. The van der Waals surface area contributed by atoms with Crippen LogP contribution in [0.1, 0.15) is 16.3 Å². The maximum atomic E-state index is 12.0. The summed E-state index contributed by atoms with van der Waals surface area (Å²) in [4.78, 5) is 16.3. The molecule has 106 valence electrons. The van der Waals surface area contributed by atoms with Crippen LogP contribution in [0.3, 0.4) is 0 Å². The van der Waals surface area contributed by atoms with E-state index in [0.717, 1.165) is 11.3 Å². The molecule has 0 unspecified atom stereocenters. The standard InChI is InChI=1S/C15H11ClN2O2S/c1-9-2-7-13(20-9)14(19)18-15-17-12(8-21-15)10-3-5-11(16)6-4-10/h2-8H,1H3,(H,17,18,19). The molecule has 1 aromatic carbocycles. The molecule has 0 atom stereocenters. The van der Waals surface area contributed by atoms with Gasteiger partial charge in [-0.05, 0) is 31.2 Å². The van der Waals surface area contributed by atoms with Gasteiger partial charge in [-0.3, -0.25) is 10.1 Å². The Bertz CT molecular complexity index is 777. The van der Waals surface area contributed by atoms with Gasteiger partial charge < -0.3 is 4.42 Å². The topological polar surface area (TPSA) is 55.1 Å². The van der Waals surface area contributed by atoms with Crippen molar-refractivity contribution in [1.82, 2.24) is 4.98 Å². The molecular weight excluding hydrogens is 308 g/mol. The van der Waals surface area contributed by atoms with Gasteiger partial charge in [0.05, 0.1) is 5.69 Å². The maximum absolute atomic E-state index is 12.0. The first kappa shape index (κ1) is 13.9. The van der Waals surface area contributed by atoms with Crippen molar-refractivity contribution in [3.63, 3.8) is 0 Å². The van der Waals surface area contributed by atoms with Gasteiger partial charge in [-0.25, -0.2) is 4.98 Å². The van der Waals surface area contributed by atoms with Crippen LogP contribution < -0.4 is 5.32 Å². The van der Waals surface area contributed by atoms with Crippen LogP contribution in [0, 0.1) is 6.92 Å². The molecular formula is C15H11ClN2O2S. The predicted octanol–water partition coefficient (Wildman–Crippen LogP) is 4.62. The van der Waals surface area contributed by atoms with Crippen LogP contribution in [0.5, 0.6) is 0 Å². The van der Waals surface area contributed by atoms with Crippen LogP contribution in [0.4, 0.5) is 5.13 Å². The number of aryl methyl sites for hydroxylation is 1. The molecule has 0 bridgehead atoms. The number of furan rings is 1. The largest absolute Gasteiger partial charge is 0.456 e. The number of thiazole rings is 1. The number of nitrogens with zero attached hydrogens (tertiary/aromatic N) is 1. The lowest BCUT2D eigenvalue weighted by atomic mass is 10.2. The Morgan fingerprint density at radius 1 is 1.24 bits per heavy atom. The summed E-state index contributed by atoms with van der Waals surface area (Å²) in [7, 11) is 0. The number of carbonyl (C=O) groups excluding carboxylic acids is 1. The van der Waals surface area contributed by atoms with E-state index in [0.29, 0.717) is 15.9 Å². The number of amides is 1. The number of aromatic nitrogens is 1. The summed E-state index contributed by atoms with van der Waals surface area (Å²) < 4.78 is 5.27. The molecule has 4 nitrogen and oxygen atoms in total. The quantitative estimate of drug-likeness (QED) is 0.766. The summed E-state index contributed by atoms with van der Waals surface area (Å²) in [5.41, 5.74) is 1.74. The molecule has 1 N–H and O–H groups in total. The van der Waals surface area contributed by atoms with Crippen LogP contribution in [-0.2, 0) is 0 Å². The first-order chi connectivity index (χ1) is 10.1. The zero-order valence-electron chi connectivity index (χ0n) is 11.1. The fourth-order valence-corrected chi connectivity index (χ4v) is 2.64. The van der Waals surface area contributed by atoms with Gasteiger partial charge >= 0.3 is 0 Å². The van der Waals surface area contributed by atoms with E-state index in [9.17, 15) is 4.79 Å². The minimum Gasteiger partial charge on any atom is -0.456 e. The smallest absolute Gasteiger partial charge is 0.293 e. The zero-order valence-corrected chi connectivity index (χ0v) is 12.7. The molecule has 3 rings (SSSR count). The number of benzene rings is 1. The molecule has 2 aromatic heterocycles. The van der Waals surface area contributed by atoms with E-state index in [4.69, 9.17) is 16.0 Å². The molecule has 0 aliphatic heterocycles. The second-order valence-corrected chi connectivity index (χ2v) is 5.70. The number of rotatable bonds is 3. The van der Waals surface area contributed by atoms with Crippen molar-refractivity contribution in [1.29, 1.82) is 0 Å². The van der Waals surface area contributed by atoms with Gasteiger partial charge in [0.2, 0.25) is 0 Å². The van der Waals surface area contributed by atoms with Crippen LogP contribution in [0.25, 0.3) is 11.3 Å². The Morgan fingerprint density at radius 3 is 2.67 bits per heavy atom. The first-order valence-electron chi connectivity index (χ1n) is 6.21. The second kappa shape index (κ2) is 5.71. The molecule has 0 saturated carbocycles. The summed E-state index contributed by atoms with van der Waals surface area (Å²) in [6.45, 7) is 1.79. The lowest BCUT2D eigenvalue weighted by Crippen LogP contribution is -2.10. The number of hydrogen-bond acceptors (Lipinski definition) is 4. The summed E-state index contributed by atoms with van der Waals surface area (Å²) in [5, 5.41) is 5.81. The van der Waals surface area contributed by atoms with Crippen LogP contribution in [0.2, 0.25) is 5.02 Å². The third kappa shape index (κ3) is 3.15. The SMILES string of the molecule is Cc1ccc(C(=O)Nc2nc(-c3ccc(Cl)cc3)cs2)o1. The van der Waals surface area contributed by atoms with Gasteiger partial charge in [-0.1, -0.05) is 23.7 Å². The van der Waals surface area contributed by atoms with Crippen molar-refractivity contribution in [2.24, 2.45) is 0 Å². The molecule has 0 fully saturated rings. The number of anilines is 1. The number of nitrogens with one attached hydrogen (secondary N) is 1. The van der Waals surface area contributed by atoms with Gasteiger partial charge in [-0.15, -0.1) is 11.3 Å². The fraction of sp³-hybridized carbons (Fsp3) is 0.0667. The fourth-order valence-electron chi connectivity index (χ4n) is 1.80. The maximum Gasteiger partial charge on any atom is 0.293 e. The van der Waals surface area contributed by atoms with E-state index < -0.39 is 0 Å². The van der Waals surface area contributed by atoms with Crippen molar-refractivity contribution in [3.8, 4) is 11.3 Å². The van der Waals surface area contributed by atoms with E-state index in [1.165, 1.54) is 11.3 Å². The van der Waals surface area contributed by atoms with Crippen molar-refractivity contribution in [3.05, 3.63) is 58.3 Å². The third-order valence-electron chi connectivity index (χ3n) is 2.83. The Labute approximate surface area is 130 Å². The lowest BCUT2D eigenvalue weighted by molar-refractivity contribution is 0.0995. The Hall–Kier alpha value is -2.11. The molecule has 1 amide bonds. The van der Waals surface area contributed by atoms with Crippen molar-refractivity contribution in [2.75, 3.05) is 5.32 Å². The number of halogens is 1. The average Bonchev–Trinajstić information content (AvgIpc) is 3.09. The monoisotopic (exact) mass is 318 g/mol. The molecule has 3 aromatic rings. The Kier molecular flexibility index (Phi) is 3.77. The Balaban J connectivity index is 1.76. The van der Waals surface area contributed by atoms with E-state index in [2.05, 4.69) is 10.3 Å². The van der Waals surface area contributed by atoms with Gasteiger partial charge in [0, 0.05) is 16.0 Å². The van der Waals surface area contributed by atoms with Crippen molar-refractivity contribution in [2.45, 2.75) is 6.92 Å². The van der Waals surface area contributed by atoms with E-state index in [1.54, 1.807) is 31.2 Å². The molecule has 0 saturated heterocycles. The van der Waals surface area contributed by atoms with Gasteiger partial charge in [-0.2, -0.15) is 0 Å². The highest BCUT2D eigenvalue weighted by molar-refractivity contribution is 7.14. The highest BCUT2D eigenvalue weighted by atomic mass is 35.5. The van der Waals surface area contributed by atoms with Gasteiger partial charge in [0.1, 0.15) is 5.76 Å². The van der Waals surface area contributed by atoms with Crippen LogP contribution in [-0.4, -0.2) is 10.9 Å². The minimum absolute atomic E-state index is 0.274. The highest BCUT2D eigenvalue weighted by Crippen LogP contribution is 2.26.